The summed E-state index contributed by atoms with van der Waals surface area (Å²) in [5, 5.41) is 6.81. The molecule has 0 saturated carbocycles. The number of halogens is 1. The van der Waals surface area contributed by atoms with Crippen molar-refractivity contribution in [1.82, 2.24) is 20.4 Å². The molecular weight excluding hydrogens is 441 g/mol. The first-order valence-corrected chi connectivity index (χ1v) is 10.1. The zero-order valence-corrected chi connectivity index (χ0v) is 19.6. The van der Waals surface area contributed by atoms with Crippen molar-refractivity contribution in [2.24, 2.45) is 4.99 Å². The second-order valence-corrected chi connectivity index (χ2v) is 7.04. The van der Waals surface area contributed by atoms with Gasteiger partial charge in [0.1, 0.15) is 0 Å². The number of unbranched alkanes of at least 4 members (excludes halogenated alkanes) is 2. The third kappa shape index (κ3) is 14.0. The Kier molecular flexibility index (Phi) is 18.2. The van der Waals surface area contributed by atoms with E-state index in [1.807, 2.05) is 7.05 Å². The van der Waals surface area contributed by atoms with Crippen molar-refractivity contribution in [3.8, 4) is 0 Å². The number of rotatable bonds is 13. The number of methoxy groups -OCH3 is 1. The Balaban J connectivity index is 0.00000625. The van der Waals surface area contributed by atoms with Crippen LogP contribution in [0.2, 0.25) is 0 Å². The molecule has 1 heterocycles. The summed E-state index contributed by atoms with van der Waals surface area (Å²) < 4.78 is 5.08. The van der Waals surface area contributed by atoms with E-state index >= 15 is 0 Å². The van der Waals surface area contributed by atoms with Crippen LogP contribution >= 0.6 is 24.0 Å². The minimum Gasteiger partial charge on any atom is -0.385 e. The van der Waals surface area contributed by atoms with Crippen LogP contribution in [0.3, 0.4) is 0 Å². The Hall–Kier alpha value is -0.120. The van der Waals surface area contributed by atoms with E-state index in [4.69, 9.17) is 4.74 Å². The molecule has 1 aliphatic heterocycles. The van der Waals surface area contributed by atoms with Crippen molar-refractivity contribution in [3.63, 3.8) is 0 Å². The van der Waals surface area contributed by atoms with Crippen LogP contribution in [0.4, 0.5) is 0 Å². The largest absolute Gasteiger partial charge is 0.385 e. The number of ether oxygens (including phenoxy) is 1. The van der Waals surface area contributed by atoms with E-state index in [1.54, 1.807) is 7.11 Å². The second kappa shape index (κ2) is 18.3. The third-order valence-corrected chi connectivity index (χ3v) is 4.79. The minimum atomic E-state index is 0. The molecule has 26 heavy (non-hydrogen) atoms. The van der Waals surface area contributed by atoms with Gasteiger partial charge < -0.3 is 25.2 Å². The van der Waals surface area contributed by atoms with Crippen molar-refractivity contribution in [3.05, 3.63) is 0 Å². The monoisotopic (exact) mass is 483 g/mol. The lowest BCUT2D eigenvalue weighted by molar-refractivity contribution is 0.180. The molecule has 0 amide bonds. The van der Waals surface area contributed by atoms with E-state index in [2.05, 4.69) is 32.5 Å². The van der Waals surface area contributed by atoms with Crippen LogP contribution in [0, 0.1) is 0 Å². The SMILES string of the molecule is CN=C(NCCCCCN1CCCCC1)NCCN(C)CCCOC.I. The molecule has 0 aromatic heterocycles. The maximum atomic E-state index is 5.08. The normalized spacial score (nSPS) is 15.8. The Morgan fingerprint density at radius 1 is 1.00 bits per heavy atom. The van der Waals surface area contributed by atoms with Crippen molar-refractivity contribution in [1.29, 1.82) is 0 Å². The smallest absolute Gasteiger partial charge is 0.191 e. The fourth-order valence-electron chi connectivity index (χ4n) is 3.20. The molecule has 1 rings (SSSR count). The lowest BCUT2D eigenvalue weighted by Crippen LogP contribution is -2.41. The Morgan fingerprint density at radius 2 is 1.73 bits per heavy atom. The average molecular weight is 483 g/mol. The number of nitrogens with zero attached hydrogens (tertiary/aromatic N) is 3. The van der Waals surface area contributed by atoms with E-state index in [-0.39, 0.29) is 24.0 Å². The summed E-state index contributed by atoms with van der Waals surface area (Å²) in [5.41, 5.74) is 0. The number of hydrogen-bond donors (Lipinski definition) is 2. The fourth-order valence-corrected chi connectivity index (χ4v) is 3.20. The topological polar surface area (TPSA) is 52.1 Å². The van der Waals surface area contributed by atoms with E-state index in [0.29, 0.717) is 0 Å². The van der Waals surface area contributed by atoms with Gasteiger partial charge in [-0.25, -0.2) is 0 Å². The molecule has 0 radical (unpaired) electrons. The number of likely N-dealkylation sites (tertiary alicyclic amines) is 1. The number of likely N-dealkylation sites (N-methyl/N-ethyl adjacent to an activating group) is 1. The maximum Gasteiger partial charge on any atom is 0.191 e. The number of piperidine rings is 1. The summed E-state index contributed by atoms with van der Waals surface area (Å²) in [6.45, 7) is 8.74. The van der Waals surface area contributed by atoms with Gasteiger partial charge in [-0.15, -0.1) is 24.0 Å². The molecule has 2 N–H and O–H groups in total. The number of hydrogen-bond acceptors (Lipinski definition) is 4. The van der Waals surface area contributed by atoms with Crippen LogP contribution in [0.15, 0.2) is 4.99 Å². The molecule has 1 aliphatic rings. The molecule has 1 saturated heterocycles. The summed E-state index contributed by atoms with van der Waals surface area (Å²) in [7, 11) is 5.74. The lowest BCUT2D eigenvalue weighted by atomic mass is 10.1. The number of aliphatic imine (C=N–C) groups is 1. The highest BCUT2D eigenvalue weighted by atomic mass is 127. The molecule has 0 aromatic rings. The van der Waals surface area contributed by atoms with E-state index in [1.165, 1.54) is 58.2 Å². The van der Waals surface area contributed by atoms with Crippen LogP contribution < -0.4 is 10.6 Å². The molecule has 0 unspecified atom stereocenters. The average Bonchev–Trinajstić information content (AvgIpc) is 2.64. The maximum absolute atomic E-state index is 5.08. The molecule has 7 heteroatoms. The summed E-state index contributed by atoms with van der Waals surface area (Å²) >= 11 is 0. The Morgan fingerprint density at radius 3 is 2.42 bits per heavy atom. The highest BCUT2D eigenvalue weighted by Crippen LogP contribution is 2.09. The molecule has 0 spiro atoms. The van der Waals surface area contributed by atoms with Gasteiger partial charge in [-0.1, -0.05) is 12.8 Å². The Labute approximate surface area is 178 Å². The van der Waals surface area contributed by atoms with Gasteiger partial charge in [0.15, 0.2) is 5.96 Å². The minimum absolute atomic E-state index is 0. The van der Waals surface area contributed by atoms with Gasteiger partial charge in [-0.05, 0) is 58.8 Å². The summed E-state index contributed by atoms with van der Waals surface area (Å²) in [4.78, 5) is 9.24. The van der Waals surface area contributed by atoms with Crippen LogP contribution in [0.1, 0.15) is 44.9 Å². The van der Waals surface area contributed by atoms with Gasteiger partial charge in [-0.3, -0.25) is 4.99 Å². The fraction of sp³-hybridized carbons (Fsp3) is 0.947. The highest BCUT2D eigenvalue weighted by molar-refractivity contribution is 14.0. The van der Waals surface area contributed by atoms with E-state index in [0.717, 1.165) is 45.2 Å². The van der Waals surface area contributed by atoms with Gasteiger partial charge in [0.05, 0.1) is 0 Å². The van der Waals surface area contributed by atoms with Gasteiger partial charge in [0.25, 0.3) is 0 Å². The second-order valence-electron chi connectivity index (χ2n) is 7.04. The zero-order valence-electron chi connectivity index (χ0n) is 17.3. The van der Waals surface area contributed by atoms with Crippen LogP contribution in [0.25, 0.3) is 0 Å². The van der Waals surface area contributed by atoms with Crippen molar-refractivity contribution in [2.45, 2.75) is 44.9 Å². The van der Waals surface area contributed by atoms with Gasteiger partial charge in [-0.2, -0.15) is 0 Å². The molecule has 1 fully saturated rings. The molecular formula is C19H42IN5O. The lowest BCUT2D eigenvalue weighted by Gasteiger charge is -2.26. The standard InChI is InChI=1S/C19H41N5O.HI/c1-20-19(22-12-17-23(2)13-10-18-25-3)21-11-6-4-7-14-24-15-8-5-9-16-24;/h4-18H2,1-3H3,(H2,20,21,22);1H. The summed E-state index contributed by atoms with van der Waals surface area (Å²) in [5.74, 6) is 0.918. The molecule has 0 bridgehead atoms. The Bertz CT molecular complexity index is 338. The summed E-state index contributed by atoms with van der Waals surface area (Å²) in [6.07, 6.45) is 9.12. The number of nitrogens with one attached hydrogen (secondary N) is 2. The van der Waals surface area contributed by atoms with Gasteiger partial charge in [0, 0.05) is 46.9 Å². The van der Waals surface area contributed by atoms with Crippen LogP contribution in [0.5, 0.6) is 0 Å². The van der Waals surface area contributed by atoms with Crippen molar-refractivity contribution >= 4 is 29.9 Å². The van der Waals surface area contributed by atoms with Crippen molar-refractivity contribution in [2.75, 3.05) is 73.6 Å². The quantitative estimate of drug-likeness (QED) is 0.182. The highest BCUT2D eigenvalue weighted by Gasteiger charge is 2.08. The molecule has 6 nitrogen and oxygen atoms in total. The first-order valence-electron chi connectivity index (χ1n) is 10.1. The first-order chi connectivity index (χ1) is 12.3. The first kappa shape index (κ1) is 25.9. The molecule has 0 aliphatic carbocycles. The van der Waals surface area contributed by atoms with Gasteiger partial charge >= 0.3 is 0 Å². The zero-order chi connectivity index (χ0) is 18.2. The molecule has 156 valence electrons. The predicted molar refractivity (Wildman–Crippen MR) is 123 cm³/mol. The van der Waals surface area contributed by atoms with Crippen molar-refractivity contribution < 1.29 is 4.74 Å². The molecule has 0 aromatic carbocycles. The van der Waals surface area contributed by atoms with E-state index < -0.39 is 0 Å². The van der Waals surface area contributed by atoms with Gasteiger partial charge in [0.2, 0.25) is 0 Å². The number of guanidine groups is 1. The van der Waals surface area contributed by atoms with Crippen LogP contribution in [-0.2, 0) is 4.74 Å². The molecule has 0 atom stereocenters. The summed E-state index contributed by atoms with van der Waals surface area (Å²) in [6, 6.07) is 0. The third-order valence-electron chi connectivity index (χ3n) is 4.79. The van der Waals surface area contributed by atoms with E-state index in [9.17, 15) is 0 Å². The predicted octanol–water partition coefficient (Wildman–Crippen LogP) is 2.39. The van der Waals surface area contributed by atoms with Crippen LogP contribution in [-0.4, -0.2) is 89.4 Å².